The first kappa shape index (κ1) is 20.6. The van der Waals surface area contributed by atoms with Crippen LogP contribution in [0.4, 0.5) is 0 Å². The molecule has 3 rings (SSSR count). The molecule has 0 aliphatic carbocycles. The Morgan fingerprint density at radius 3 is 2.56 bits per heavy atom. The van der Waals surface area contributed by atoms with E-state index in [1.54, 1.807) is 14.2 Å². The molecule has 152 valence electrons. The molecule has 2 fully saturated rings. The summed E-state index contributed by atoms with van der Waals surface area (Å²) in [6.07, 6.45) is 3.76. The van der Waals surface area contributed by atoms with Gasteiger partial charge in [0.15, 0.2) is 0 Å². The van der Waals surface area contributed by atoms with Gasteiger partial charge in [0.25, 0.3) is 0 Å². The van der Waals surface area contributed by atoms with Crippen LogP contribution in [0.2, 0.25) is 0 Å². The van der Waals surface area contributed by atoms with Gasteiger partial charge in [-0.1, -0.05) is 18.2 Å². The molecule has 0 saturated carbocycles. The number of hydrogen-bond donors (Lipinski definition) is 0. The van der Waals surface area contributed by atoms with Crippen molar-refractivity contribution in [2.45, 2.75) is 25.8 Å². The van der Waals surface area contributed by atoms with Crippen LogP contribution >= 0.6 is 0 Å². The second kappa shape index (κ2) is 11.0. The summed E-state index contributed by atoms with van der Waals surface area (Å²) in [4.78, 5) is 5.18. The second-order valence-corrected chi connectivity index (χ2v) is 8.01. The van der Waals surface area contributed by atoms with Crippen molar-refractivity contribution in [1.29, 1.82) is 0 Å². The van der Waals surface area contributed by atoms with Crippen LogP contribution in [0, 0.1) is 11.8 Å². The lowest BCUT2D eigenvalue weighted by atomic mass is 9.95. The summed E-state index contributed by atoms with van der Waals surface area (Å²) < 4.78 is 16.4. The molecule has 0 aromatic heterocycles. The molecular formula is C22H36N2O3. The summed E-state index contributed by atoms with van der Waals surface area (Å²) in [7, 11) is 3.56. The minimum atomic E-state index is 0.701. The lowest BCUT2D eigenvalue weighted by molar-refractivity contribution is 0.0962. The predicted molar refractivity (Wildman–Crippen MR) is 108 cm³/mol. The van der Waals surface area contributed by atoms with Gasteiger partial charge in [-0.3, -0.25) is 4.90 Å². The summed E-state index contributed by atoms with van der Waals surface area (Å²) in [5.74, 6) is 2.50. The highest BCUT2D eigenvalue weighted by Gasteiger charge is 2.24. The second-order valence-electron chi connectivity index (χ2n) is 8.01. The molecule has 27 heavy (non-hydrogen) atoms. The maximum absolute atomic E-state index is 5.57. The Kier molecular flexibility index (Phi) is 8.39. The van der Waals surface area contributed by atoms with E-state index in [9.17, 15) is 0 Å². The van der Waals surface area contributed by atoms with E-state index in [4.69, 9.17) is 14.2 Å². The highest BCUT2D eigenvalue weighted by atomic mass is 16.5. The quantitative estimate of drug-likeness (QED) is 0.627. The Balaban J connectivity index is 1.45. The van der Waals surface area contributed by atoms with Gasteiger partial charge >= 0.3 is 0 Å². The molecule has 0 amide bonds. The van der Waals surface area contributed by atoms with Crippen LogP contribution in [-0.2, 0) is 16.0 Å². The van der Waals surface area contributed by atoms with Crippen molar-refractivity contribution < 1.29 is 14.2 Å². The van der Waals surface area contributed by atoms with Gasteiger partial charge in [0.2, 0.25) is 0 Å². The normalized spacial score (nSPS) is 21.8. The largest absolute Gasteiger partial charge is 0.496 e. The van der Waals surface area contributed by atoms with Crippen molar-refractivity contribution in [2.75, 3.05) is 66.8 Å². The average Bonchev–Trinajstić information content (AvgIpc) is 3.21. The molecule has 5 heteroatoms. The first-order chi connectivity index (χ1) is 13.3. The Hall–Kier alpha value is -1.14. The Morgan fingerprint density at radius 1 is 1.07 bits per heavy atom. The van der Waals surface area contributed by atoms with Gasteiger partial charge in [0.05, 0.1) is 20.3 Å². The molecule has 0 N–H and O–H groups in total. The smallest absolute Gasteiger partial charge is 0.123 e. The molecule has 2 saturated heterocycles. The van der Waals surface area contributed by atoms with Gasteiger partial charge in [-0.25, -0.2) is 0 Å². The van der Waals surface area contributed by atoms with Crippen molar-refractivity contribution in [3.05, 3.63) is 29.8 Å². The number of piperidine rings is 1. The van der Waals surface area contributed by atoms with E-state index in [1.165, 1.54) is 44.5 Å². The summed E-state index contributed by atoms with van der Waals surface area (Å²) in [6, 6.07) is 8.38. The number of benzene rings is 1. The Labute approximate surface area is 164 Å². The third-order valence-electron chi connectivity index (χ3n) is 5.96. The summed E-state index contributed by atoms with van der Waals surface area (Å²) >= 11 is 0. The molecule has 2 heterocycles. The number of para-hydroxylation sites is 1. The van der Waals surface area contributed by atoms with E-state index >= 15 is 0 Å². The molecule has 1 unspecified atom stereocenters. The number of rotatable bonds is 10. The van der Waals surface area contributed by atoms with Crippen molar-refractivity contribution in [3.63, 3.8) is 0 Å². The minimum Gasteiger partial charge on any atom is -0.496 e. The van der Waals surface area contributed by atoms with Gasteiger partial charge in [-0.2, -0.15) is 0 Å². The van der Waals surface area contributed by atoms with E-state index < -0.39 is 0 Å². The van der Waals surface area contributed by atoms with Crippen molar-refractivity contribution in [3.8, 4) is 5.75 Å². The molecule has 2 aliphatic rings. The molecule has 0 spiro atoms. The van der Waals surface area contributed by atoms with Crippen LogP contribution in [0.1, 0.15) is 24.8 Å². The zero-order valence-electron chi connectivity index (χ0n) is 17.1. The fourth-order valence-corrected chi connectivity index (χ4v) is 4.34. The Morgan fingerprint density at radius 2 is 1.85 bits per heavy atom. The third-order valence-corrected chi connectivity index (χ3v) is 5.96. The lowest BCUT2D eigenvalue weighted by Crippen LogP contribution is -2.41. The van der Waals surface area contributed by atoms with Crippen molar-refractivity contribution in [1.82, 2.24) is 9.80 Å². The Bertz CT molecular complexity index is 540. The van der Waals surface area contributed by atoms with Gasteiger partial charge < -0.3 is 19.1 Å². The summed E-state index contributed by atoms with van der Waals surface area (Å²) in [5, 5.41) is 0. The highest BCUT2D eigenvalue weighted by molar-refractivity contribution is 5.33. The highest BCUT2D eigenvalue weighted by Crippen LogP contribution is 2.24. The number of likely N-dealkylation sites (tertiary alicyclic amines) is 1. The predicted octanol–water partition coefficient (Wildman–Crippen LogP) is 2.89. The van der Waals surface area contributed by atoms with Gasteiger partial charge in [0.1, 0.15) is 5.75 Å². The third kappa shape index (κ3) is 6.46. The van der Waals surface area contributed by atoms with E-state index in [0.717, 1.165) is 51.1 Å². The molecule has 0 radical (unpaired) electrons. The van der Waals surface area contributed by atoms with Gasteiger partial charge in [0, 0.05) is 45.5 Å². The molecular weight excluding hydrogens is 340 g/mol. The molecule has 1 aromatic carbocycles. The van der Waals surface area contributed by atoms with Crippen LogP contribution in [0.3, 0.4) is 0 Å². The first-order valence-electron chi connectivity index (χ1n) is 10.4. The van der Waals surface area contributed by atoms with Crippen LogP contribution in [0.5, 0.6) is 5.75 Å². The maximum Gasteiger partial charge on any atom is 0.123 e. The fraction of sp³-hybridized carbons (Fsp3) is 0.727. The first-order valence-corrected chi connectivity index (χ1v) is 10.4. The van der Waals surface area contributed by atoms with Crippen LogP contribution in [0.15, 0.2) is 24.3 Å². The molecule has 0 bridgehead atoms. The number of nitrogens with zero attached hydrogens (tertiary/aromatic N) is 2. The monoisotopic (exact) mass is 376 g/mol. The van der Waals surface area contributed by atoms with E-state index in [0.29, 0.717) is 5.92 Å². The molecule has 5 nitrogen and oxygen atoms in total. The van der Waals surface area contributed by atoms with Gasteiger partial charge in [-0.15, -0.1) is 0 Å². The van der Waals surface area contributed by atoms with Crippen LogP contribution < -0.4 is 4.74 Å². The number of ether oxygens (including phenoxy) is 3. The topological polar surface area (TPSA) is 34.2 Å². The van der Waals surface area contributed by atoms with Crippen LogP contribution in [-0.4, -0.2) is 76.6 Å². The number of hydrogen-bond acceptors (Lipinski definition) is 5. The zero-order valence-corrected chi connectivity index (χ0v) is 17.1. The van der Waals surface area contributed by atoms with Crippen molar-refractivity contribution in [2.24, 2.45) is 11.8 Å². The fourth-order valence-electron chi connectivity index (χ4n) is 4.34. The molecule has 2 aliphatic heterocycles. The van der Waals surface area contributed by atoms with E-state index in [2.05, 4.69) is 28.0 Å². The number of methoxy groups -OCH3 is 2. The average molecular weight is 377 g/mol. The lowest BCUT2D eigenvalue weighted by Gasteiger charge is -2.35. The molecule has 1 atom stereocenters. The molecule has 1 aromatic rings. The van der Waals surface area contributed by atoms with E-state index in [1.807, 2.05) is 6.07 Å². The summed E-state index contributed by atoms with van der Waals surface area (Å²) in [5.41, 5.74) is 1.29. The van der Waals surface area contributed by atoms with Crippen molar-refractivity contribution >= 4 is 0 Å². The van der Waals surface area contributed by atoms with Gasteiger partial charge in [-0.05, 0) is 50.3 Å². The summed E-state index contributed by atoms with van der Waals surface area (Å²) in [6.45, 7) is 9.41. The van der Waals surface area contributed by atoms with Crippen LogP contribution in [0.25, 0.3) is 0 Å². The van der Waals surface area contributed by atoms with E-state index in [-0.39, 0.29) is 0 Å². The maximum atomic E-state index is 5.57. The zero-order chi connectivity index (χ0) is 18.9. The standard InChI is InChI=1S/C22H36N2O3/c1-25-14-12-24(16-20-9-13-27-18-20)15-19-7-10-23(11-8-19)17-21-5-3-4-6-22(21)26-2/h3-6,19-20H,7-18H2,1-2H3. The SMILES string of the molecule is COCCN(CC1CCN(Cc2ccccc2OC)CC1)CC1CCOC1. The minimum absolute atomic E-state index is 0.701.